The molecule has 2 aromatic carbocycles. The first kappa shape index (κ1) is 18.9. The summed E-state index contributed by atoms with van der Waals surface area (Å²) in [5.41, 5.74) is 2.73. The minimum atomic E-state index is -0.682. The molecular weight excluding hydrogens is 368 g/mol. The number of carbonyl (C=O) groups excluding carboxylic acids is 2. The molecule has 0 aliphatic heterocycles. The van der Waals surface area contributed by atoms with Crippen molar-refractivity contribution in [3.63, 3.8) is 0 Å². The average Bonchev–Trinajstić information content (AvgIpc) is 2.75. The SMILES string of the molecule is CN(C(=O)COC(=O)c1cc(=O)[nH]c2ccccc12)C1CCCc2ccccc21. The lowest BCUT2D eigenvalue weighted by molar-refractivity contribution is -0.135. The quantitative estimate of drug-likeness (QED) is 0.694. The first-order valence-electron chi connectivity index (χ1n) is 9.67. The zero-order valence-electron chi connectivity index (χ0n) is 16.2. The number of H-pyrrole nitrogens is 1. The molecule has 1 aromatic heterocycles. The number of esters is 1. The third-order valence-corrected chi connectivity index (χ3v) is 5.50. The molecular formula is C23H22N2O4. The molecule has 1 amide bonds. The third-order valence-electron chi connectivity index (χ3n) is 5.50. The lowest BCUT2D eigenvalue weighted by Crippen LogP contribution is -2.36. The van der Waals surface area contributed by atoms with Crippen molar-refractivity contribution >= 4 is 22.8 Å². The van der Waals surface area contributed by atoms with Gasteiger partial charge < -0.3 is 14.6 Å². The summed E-state index contributed by atoms with van der Waals surface area (Å²) in [6, 6.07) is 16.3. The van der Waals surface area contributed by atoms with Crippen LogP contribution in [0.4, 0.5) is 0 Å². The van der Waals surface area contributed by atoms with Crippen LogP contribution in [0.5, 0.6) is 0 Å². The summed E-state index contributed by atoms with van der Waals surface area (Å²) in [6.45, 7) is -0.366. The normalized spacial score (nSPS) is 15.6. The van der Waals surface area contributed by atoms with Crippen LogP contribution in [0.2, 0.25) is 0 Å². The van der Waals surface area contributed by atoms with Gasteiger partial charge in [0.15, 0.2) is 6.61 Å². The minimum Gasteiger partial charge on any atom is -0.452 e. The van der Waals surface area contributed by atoms with Crippen molar-refractivity contribution in [3.05, 3.63) is 81.6 Å². The van der Waals surface area contributed by atoms with Crippen molar-refractivity contribution in [2.24, 2.45) is 0 Å². The van der Waals surface area contributed by atoms with E-state index in [4.69, 9.17) is 4.74 Å². The second kappa shape index (κ2) is 7.91. The van der Waals surface area contributed by atoms with Crippen LogP contribution < -0.4 is 5.56 Å². The van der Waals surface area contributed by atoms with Gasteiger partial charge in [0.1, 0.15) is 0 Å². The largest absolute Gasteiger partial charge is 0.452 e. The van der Waals surface area contributed by atoms with Crippen LogP contribution in [0.1, 0.15) is 40.4 Å². The molecule has 1 unspecified atom stereocenters. The van der Waals surface area contributed by atoms with Crippen LogP contribution >= 0.6 is 0 Å². The Hall–Kier alpha value is -3.41. The third kappa shape index (κ3) is 3.78. The number of aromatic nitrogens is 1. The highest BCUT2D eigenvalue weighted by atomic mass is 16.5. The van der Waals surface area contributed by atoms with Crippen LogP contribution in [0, 0.1) is 0 Å². The number of carbonyl (C=O) groups is 2. The van der Waals surface area contributed by atoms with Crippen LogP contribution in [0.15, 0.2) is 59.4 Å². The minimum absolute atomic E-state index is 0.0217. The van der Waals surface area contributed by atoms with Gasteiger partial charge >= 0.3 is 5.97 Å². The maximum absolute atomic E-state index is 12.7. The Morgan fingerprint density at radius 1 is 1.14 bits per heavy atom. The van der Waals surface area contributed by atoms with Gasteiger partial charge in [-0.25, -0.2) is 4.79 Å². The Bertz CT molecular complexity index is 1130. The molecule has 0 saturated heterocycles. The molecule has 0 spiro atoms. The van der Waals surface area contributed by atoms with E-state index in [1.807, 2.05) is 12.1 Å². The Morgan fingerprint density at radius 2 is 1.90 bits per heavy atom. The van der Waals surface area contributed by atoms with E-state index in [0.29, 0.717) is 10.9 Å². The van der Waals surface area contributed by atoms with Crippen molar-refractivity contribution in [1.29, 1.82) is 0 Å². The monoisotopic (exact) mass is 390 g/mol. The van der Waals surface area contributed by atoms with Crippen molar-refractivity contribution < 1.29 is 14.3 Å². The molecule has 4 rings (SSSR count). The Kier molecular flexibility index (Phi) is 5.16. The van der Waals surface area contributed by atoms with E-state index in [-0.39, 0.29) is 24.1 Å². The Labute approximate surface area is 168 Å². The molecule has 29 heavy (non-hydrogen) atoms. The number of likely N-dealkylation sites (N-methyl/N-ethyl adjacent to an activating group) is 1. The highest BCUT2D eigenvalue weighted by Gasteiger charge is 2.27. The highest BCUT2D eigenvalue weighted by molar-refractivity contribution is 6.03. The Morgan fingerprint density at radius 3 is 2.76 bits per heavy atom. The summed E-state index contributed by atoms with van der Waals surface area (Å²) in [5, 5.41) is 0.583. The predicted octanol–water partition coefficient (Wildman–Crippen LogP) is 3.22. The second-order valence-corrected chi connectivity index (χ2v) is 7.28. The van der Waals surface area contributed by atoms with E-state index < -0.39 is 11.5 Å². The van der Waals surface area contributed by atoms with E-state index in [1.165, 1.54) is 11.6 Å². The van der Waals surface area contributed by atoms with E-state index >= 15 is 0 Å². The highest BCUT2D eigenvalue weighted by Crippen LogP contribution is 2.33. The van der Waals surface area contributed by atoms with Crippen LogP contribution in [-0.2, 0) is 16.0 Å². The van der Waals surface area contributed by atoms with E-state index in [2.05, 4.69) is 17.1 Å². The number of aryl methyl sites for hydroxylation is 1. The second-order valence-electron chi connectivity index (χ2n) is 7.28. The topological polar surface area (TPSA) is 79.5 Å². The van der Waals surface area contributed by atoms with Gasteiger partial charge in [-0.2, -0.15) is 0 Å². The van der Waals surface area contributed by atoms with Crippen LogP contribution in [0.25, 0.3) is 10.9 Å². The number of rotatable bonds is 4. The summed E-state index contributed by atoms with van der Waals surface area (Å²) >= 11 is 0. The molecule has 6 nitrogen and oxygen atoms in total. The predicted molar refractivity (Wildman–Crippen MR) is 110 cm³/mol. The summed E-state index contributed by atoms with van der Waals surface area (Å²) in [6.07, 6.45) is 2.91. The number of benzene rings is 2. The smallest absolute Gasteiger partial charge is 0.339 e. The van der Waals surface area contributed by atoms with E-state index in [9.17, 15) is 14.4 Å². The fraction of sp³-hybridized carbons (Fsp3) is 0.261. The van der Waals surface area contributed by atoms with Gasteiger partial charge in [-0.05, 0) is 36.5 Å². The lowest BCUT2D eigenvalue weighted by Gasteiger charge is -2.33. The number of nitrogens with one attached hydrogen (secondary N) is 1. The van der Waals surface area contributed by atoms with Gasteiger partial charge in [0.25, 0.3) is 5.91 Å². The maximum atomic E-state index is 12.7. The van der Waals surface area contributed by atoms with Crippen molar-refractivity contribution in [1.82, 2.24) is 9.88 Å². The van der Waals surface area contributed by atoms with Gasteiger partial charge in [-0.15, -0.1) is 0 Å². The van der Waals surface area contributed by atoms with Gasteiger partial charge in [0.05, 0.1) is 11.6 Å². The number of aromatic amines is 1. The first-order chi connectivity index (χ1) is 14.0. The van der Waals surface area contributed by atoms with E-state index in [1.54, 1.807) is 36.2 Å². The number of pyridine rings is 1. The van der Waals surface area contributed by atoms with Gasteiger partial charge in [-0.1, -0.05) is 42.5 Å². The zero-order chi connectivity index (χ0) is 20.4. The van der Waals surface area contributed by atoms with E-state index in [0.717, 1.165) is 24.8 Å². The molecule has 148 valence electrons. The van der Waals surface area contributed by atoms with Crippen molar-refractivity contribution in [2.45, 2.75) is 25.3 Å². The van der Waals surface area contributed by atoms with Gasteiger partial charge in [0.2, 0.25) is 5.56 Å². The molecule has 0 saturated carbocycles. The molecule has 0 fully saturated rings. The molecule has 0 radical (unpaired) electrons. The number of fused-ring (bicyclic) bond motifs is 2. The number of amides is 1. The summed E-state index contributed by atoms with van der Waals surface area (Å²) in [5.74, 6) is -0.952. The fourth-order valence-corrected chi connectivity index (χ4v) is 3.98. The number of hydrogen-bond donors (Lipinski definition) is 1. The number of ether oxygens (including phenoxy) is 1. The molecule has 1 N–H and O–H groups in total. The molecule has 1 aliphatic carbocycles. The maximum Gasteiger partial charge on any atom is 0.339 e. The summed E-state index contributed by atoms with van der Waals surface area (Å²) < 4.78 is 5.27. The fourth-order valence-electron chi connectivity index (χ4n) is 3.98. The molecule has 3 aromatic rings. The number of hydrogen-bond acceptors (Lipinski definition) is 4. The lowest BCUT2D eigenvalue weighted by atomic mass is 9.87. The molecule has 0 bridgehead atoms. The molecule has 6 heteroatoms. The molecule has 1 atom stereocenters. The zero-order valence-corrected chi connectivity index (χ0v) is 16.2. The van der Waals surface area contributed by atoms with Gasteiger partial charge in [-0.3, -0.25) is 9.59 Å². The number of nitrogens with zero attached hydrogens (tertiary/aromatic N) is 1. The van der Waals surface area contributed by atoms with Crippen LogP contribution in [-0.4, -0.2) is 35.4 Å². The average molecular weight is 390 g/mol. The number of para-hydroxylation sites is 1. The van der Waals surface area contributed by atoms with Gasteiger partial charge in [0, 0.05) is 24.0 Å². The Balaban J connectivity index is 1.48. The summed E-state index contributed by atoms with van der Waals surface area (Å²) in [4.78, 5) is 41.4. The van der Waals surface area contributed by atoms with Crippen molar-refractivity contribution in [3.8, 4) is 0 Å². The van der Waals surface area contributed by atoms with Crippen molar-refractivity contribution in [2.75, 3.05) is 13.7 Å². The molecule has 1 heterocycles. The van der Waals surface area contributed by atoms with Crippen LogP contribution in [0.3, 0.4) is 0 Å². The summed E-state index contributed by atoms with van der Waals surface area (Å²) in [7, 11) is 1.74. The first-order valence-corrected chi connectivity index (χ1v) is 9.67. The molecule has 1 aliphatic rings. The standard InChI is InChI=1S/C23H22N2O4/c1-25(20-12-6-8-15-7-2-3-9-16(15)20)22(27)14-29-23(28)18-13-21(26)24-19-11-5-4-10-17(18)19/h2-5,7,9-11,13,20H,6,8,12,14H2,1H3,(H,24,26).